The largest absolute Gasteiger partial charge is 0.449 e. The van der Waals surface area contributed by atoms with Gasteiger partial charge in [-0.25, -0.2) is 4.79 Å². The van der Waals surface area contributed by atoms with Crippen LogP contribution in [-0.2, 0) is 16.6 Å². The van der Waals surface area contributed by atoms with Gasteiger partial charge in [0, 0.05) is 18.7 Å². The lowest BCUT2D eigenvalue weighted by molar-refractivity contribution is -0.385. The third-order valence-electron chi connectivity index (χ3n) is 4.05. The van der Waals surface area contributed by atoms with Crippen LogP contribution in [0.25, 0.3) is 0 Å². The summed E-state index contributed by atoms with van der Waals surface area (Å²) in [6, 6.07) is 4.02. The Morgan fingerprint density at radius 1 is 1.31 bits per heavy atom. The first kappa shape index (κ1) is 19.1. The highest BCUT2D eigenvalue weighted by Gasteiger charge is 2.23. The third kappa shape index (κ3) is 3.88. The topological polar surface area (TPSA) is 116 Å². The number of nitrogens with zero attached hydrogens (tertiary/aromatic N) is 3. The van der Waals surface area contributed by atoms with Gasteiger partial charge in [0.2, 0.25) is 0 Å². The number of ether oxygens (including phenoxy) is 1. The van der Waals surface area contributed by atoms with Gasteiger partial charge in [0.1, 0.15) is 0 Å². The fraction of sp³-hybridized carbons (Fsp3) is 0.353. The predicted molar refractivity (Wildman–Crippen MR) is 94.0 cm³/mol. The lowest BCUT2D eigenvalue weighted by Crippen LogP contribution is -2.30. The summed E-state index contributed by atoms with van der Waals surface area (Å²) in [7, 11) is 1.76. The Balaban J connectivity index is 2.10. The van der Waals surface area contributed by atoms with E-state index in [4.69, 9.17) is 4.74 Å². The number of benzene rings is 1. The van der Waals surface area contributed by atoms with Crippen LogP contribution in [0.4, 0.5) is 11.4 Å². The maximum atomic E-state index is 12.3. The number of nitro benzene ring substituents is 1. The van der Waals surface area contributed by atoms with E-state index < -0.39 is 22.9 Å². The van der Waals surface area contributed by atoms with Gasteiger partial charge in [0.25, 0.3) is 11.6 Å². The van der Waals surface area contributed by atoms with Crippen molar-refractivity contribution < 1.29 is 19.2 Å². The van der Waals surface area contributed by atoms with Gasteiger partial charge in [-0.05, 0) is 33.8 Å². The van der Waals surface area contributed by atoms with Crippen LogP contribution in [0.1, 0.15) is 34.2 Å². The smallest absolute Gasteiger partial charge is 0.339 e. The maximum absolute atomic E-state index is 12.3. The van der Waals surface area contributed by atoms with Crippen molar-refractivity contribution in [2.45, 2.75) is 33.8 Å². The zero-order valence-electron chi connectivity index (χ0n) is 15.2. The molecule has 1 atom stereocenters. The number of hydrogen-bond donors (Lipinski definition) is 1. The molecule has 1 heterocycles. The normalized spacial score (nSPS) is 11.7. The molecule has 26 heavy (non-hydrogen) atoms. The number of aromatic nitrogens is 2. The van der Waals surface area contributed by atoms with Crippen LogP contribution in [0.3, 0.4) is 0 Å². The van der Waals surface area contributed by atoms with Crippen LogP contribution >= 0.6 is 0 Å². The Bertz CT molecular complexity index is 888. The SMILES string of the molecule is Cc1ccc(C(=O)O[C@@H](C)C(=O)Nc2c(C)nn(C)c2C)cc1[N+](=O)[O-]. The molecular formula is C17H20N4O5. The predicted octanol–water partition coefficient (Wildman–Crippen LogP) is 2.44. The number of nitrogens with one attached hydrogen (secondary N) is 1. The molecule has 1 aromatic carbocycles. The Labute approximate surface area is 150 Å². The number of amides is 1. The number of esters is 1. The van der Waals surface area contributed by atoms with Gasteiger partial charge >= 0.3 is 5.97 Å². The van der Waals surface area contributed by atoms with Crippen molar-refractivity contribution >= 4 is 23.3 Å². The molecule has 1 amide bonds. The molecular weight excluding hydrogens is 340 g/mol. The van der Waals surface area contributed by atoms with E-state index in [0.29, 0.717) is 16.9 Å². The van der Waals surface area contributed by atoms with E-state index in [1.54, 1.807) is 32.5 Å². The second-order valence-corrected chi connectivity index (χ2v) is 5.96. The minimum Gasteiger partial charge on any atom is -0.449 e. The van der Waals surface area contributed by atoms with E-state index in [1.165, 1.54) is 19.1 Å². The minimum atomic E-state index is -1.08. The second kappa shape index (κ2) is 7.34. The molecule has 0 aliphatic heterocycles. The van der Waals surface area contributed by atoms with Gasteiger partial charge in [0.05, 0.1) is 27.6 Å². The summed E-state index contributed by atoms with van der Waals surface area (Å²) in [5.41, 5.74) is 2.23. The van der Waals surface area contributed by atoms with Crippen molar-refractivity contribution in [3.8, 4) is 0 Å². The molecule has 0 aliphatic rings. The summed E-state index contributed by atoms with van der Waals surface area (Å²) in [5, 5.41) is 17.9. The molecule has 9 heteroatoms. The highest BCUT2D eigenvalue weighted by atomic mass is 16.6. The van der Waals surface area contributed by atoms with Gasteiger partial charge < -0.3 is 10.1 Å². The molecule has 0 unspecified atom stereocenters. The lowest BCUT2D eigenvalue weighted by atomic mass is 10.1. The van der Waals surface area contributed by atoms with Crippen LogP contribution in [0.2, 0.25) is 0 Å². The number of carbonyl (C=O) groups excluding carboxylic acids is 2. The summed E-state index contributed by atoms with van der Waals surface area (Å²) in [5.74, 6) is -1.32. The molecule has 0 saturated heterocycles. The van der Waals surface area contributed by atoms with Gasteiger partial charge in [-0.2, -0.15) is 5.10 Å². The number of rotatable bonds is 5. The van der Waals surface area contributed by atoms with Gasteiger partial charge in [-0.1, -0.05) is 6.07 Å². The average Bonchev–Trinajstić information content (AvgIpc) is 2.80. The Morgan fingerprint density at radius 2 is 1.96 bits per heavy atom. The van der Waals surface area contributed by atoms with Crippen LogP contribution in [0.5, 0.6) is 0 Å². The summed E-state index contributed by atoms with van der Waals surface area (Å²) in [6.45, 7) is 6.56. The second-order valence-electron chi connectivity index (χ2n) is 5.96. The number of nitro groups is 1. The molecule has 0 fully saturated rings. The van der Waals surface area contributed by atoms with E-state index in [1.807, 2.05) is 0 Å². The highest BCUT2D eigenvalue weighted by molar-refractivity contribution is 5.98. The first-order valence-corrected chi connectivity index (χ1v) is 7.89. The van der Waals surface area contributed by atoms with E-state index in [-0.39, 0.29) is 11.3 Å². The van der Waals surface area contributed by atoms with Crippen molar-refractivity contribution in [1.82, 2.24) is 9.78 Å². The van der Waals surface area contributed by atoms with E-state index >= 15 is 0 Å². The summed E-state index contributed by atoms with van der Waals surface area (Å²) in [4.78, 5) is 34.9. The summed E-state index contributed by atoms with van der Waals surface area (Å²) in [6.07, 6.45) is -1.08. The first-order chi connectivity index (χ1) is 12.1. The van der Waals surface area contributed by atoms with Crippen LogP contribution in [0, 0.1) is 30.9 Å². The van der Waals surface area contributed by atoms with Crippen molar-refractivity contribution in [1.29, 1.82) is 0 Å². The van der Waals surface area contributed by atoms with E-state index in [0.717, 1.165) is 11.8 Å². The number of anilines is 1. The van der Waals surface area contributed by atoms with Gasteiger partial charge in [0.15, 0.2) is 6.10 Å². The molecule has 138 valence electrons. The monoisotopic (exact) mass is 360 g/mol. The van der Waals surface area contributed by atoms with Crippen molar-refractivity contribution in [2.24, 2.45) is 7.05 Å². The summed E-state index contributed by atoms with van der Waals surface area (Å²) >= 11 is 0. The van der Waals surface area contributed by atoms with E-state index in [2.05, 4.69) is 10.4 Å². The van der Waals surface area contributed by atoms with Crippen molar-refractivity contribution in [3.63, 3.8) is 0 Å². The molecule has 1 N–H and O–H groups in total. The maximum Gasteiger partial charge on any atom is 0.339 e. The zero-order valence-corrected chi connectivity index (χ0v) is 15.2. The van der Waals surface area contributed by atoms with E-state index in [9.17, 15) is 19.7 Å². The Kier molecular flexibility index (Phi) is 5.39. The number of carbonyl (C=O) groups is 2. The van der Waals surface area contributed by atoms with Gasteiger partial charge in [-0.15, -0.1) is 0 Å². The molecule has 0 radical (unpaired) electrons. The molecule has 0 spiro atoms. The quantitative estimate of drug-likeness (QED) is 0.497. The Hall–Kier alpha value is -3.23. The minimum absolute atomic E-state index is 0.00990. The Morgan fingerprint density at radius 3 is 2.50 bits per heavy atom. The molecule has 2 aromatic rings. The van der Waals surface area contributed by atoms with Crippen LogP contribution in [0.15, 0.2) is 18.2 Å². The highest BCUT2D eigenvalue weighted by Crippen LogP contribution is 2.21. The van der Waals surface area contributed by atoms with Crippen LogP contribution in [-0.4, -0.2) is 32.7 Å². The fourth-order valence-electron chi connectivity index (χ4n) is 2.39. The molecule has 1 aromatic heterocycles. The molecule has 9 nitrogen and oxygen atoms in total. The number of hydrogen-bond acceptors (Lipinski definition) is 6. The first-order valence-electron chi connectivity index (χ1n) is 7.89. The number of aryl methyl sites for hydroxylation is 3. The van der Waals surface area contributed by atoms with Crippen molar-refractivity contribution in [2.75, 3.05) is 5.32 Å². The molecule has 0 aliphatic carbocycles. The molecule has 2 rings (SSSR count). The standard InChI is InChI=1S/C17H20N4O5/c1-9-6-7-13(8-14(9)21(24)25)17(23)26-12(4)16(22)18-15-10(2)19-20(5)11(15)3/h6-8,12H,1-5H3,(H,18,22)/t12-/m0/s1. The lowest BCUT2D eigenvalue weighted by Gasteiger charge is -2.14. The van der Waals surface area contributed by atoms with Gasteiger partial charge in [-0.3, -0.25) is 19.6 Å². The fourth-order valence-corrected chi connectivity index (χ4v) is 2.39. The van der Waals surface area contributed by atoms with Crippen molar-refractivity contribution in [3.05, 3.63) is 50.8 Å². The van der Waals surface area contributed by atoms with Crippen LogP contribution < -0.4 is 5.32 Å². The summed E-state index contributed by atoms with van der Waals surface area (Å²) < 4.78 is 6.76. The molecule has 0 saturated carbocycles. The molecule has 0 bridgehead atoms. The average molecular weight is 360 g/mol. The zero-order chi connectivity index (χ0) is 19.6. The third-order valence-corrected chi connectivity index (χ3v) is 4.05.